The van der Waals surface area contributed by atoms with Gasteiger partial charge in [0.1, 0.15) is 6.61 Å². The van der Waals surface area contributed by atoms with Crippen LogP contribution < -0.4 is 5.32 Å². The number of carbonyl (C=O) groups is 1. The molecule has 0 aliphatic carbocycles. The molecular weight excluding hydrogens is 320 g/mol. The molecule has 0 aromatic carbocycles. The van der Waals surface area contributed by atoms with Crippen LogP contribution in [0, 0.1) is 5.92 Å². The van der Waals surface area contributed by atoms with Gasteiger partial charge >= 0.3 is 0 Å². The smallest absolute Gasteiger partial charge is 0.248 e. The van der Waals surface area contributed by atoms with E-state index in [0.717, 1.165) is 25.2 Å². The highest BCUT2D eigenvalue weighted by Crippen LogP contribution is 2.18. The minimum Gasteiger partial charge on any atom is -0.372 e. The summed E-state index contributed by atoms with van der Waals surface area (Å²) in [6, 6.07) is 3.76. The Kier molecular flexibility index (Phi) is 5.95. The summed E-state index contributed by atoms with van der Waals surface area (Å²) in [6.45, 7) is 5.40. The molecule has 1 N–H and O–H groups in total. The molecule has 2 aromatic heterocycles. The molecule has 2 aromatic rings. The summed E-state index contributed by atoms with van der Waals surface area (Å²) < 4.78 is 7.29. The van der Waals surface area contributed by atoms with E-state index in [4.69, 9.17) is 4.74 Å². The van der Waals surface area contributed by atoms with Gasteiger partial charge in [0.25, 0.3) is 0 Å². The summed E-state index contributed by atoms with van der Waals surface area (Å²) in [6.07, 6.45) is 6.12. The van der Waals surface area contributed by atoms with Crippen molar-refractivity contribution in [3.63, 3.8) is 0 Å². The van der Waals surface area contributed by atoms with Gasteiger partial charge in [0, 0.05) is 44.8 Å². The summed E-state index contributed by atoms with van der Waals surface area (Å²) in [5, 5.41) is 7.62. The minimum absolute atomic E-state index is 0.0286. The third kappa shape index (κ3) is 4.76. The van der Waals surface area contributed by atoms with Crippen LogP contribution in [0.3, 0.4) is 0 Å². The van der Waals surface area contributed by atoms with Crippen LogP contribution in [-0.4, -0.2) is 56.9 Å². The Bertz CT molecular complexity index is 675. The SMILES string of the molecule is CCOCC(=O)N1Cc2ccnn2CC(CCNc2ncccn2)C1. The first-order chi connectivity index (χ1) is 12.3. The Morgan fingerprint density at radius 2 is 2.16 bits per heavy atom. The average molecular weight is 344 g/mol. The number of rotatable bonds is 7. The molecule has 1 amide bonds. The van der Waals surface area contributed by atoms with Crippen LogP contribution in [0.5, 0.6) is 0 Å². The fraction of sp³-hybridized carbons (Fsp3) is 0.529. The number of nitrogens with one attached hydrogen (secondary N) is 1. The van der Waals surface area contributed by atoms with E-state index < -0.39 is 0 Å². The number of anilines is 1. The van der Waals surface area contributed by atoms with Crippen molar-refractivity contribution in [3.05, 3.63) is 36.4 Å². The van der Waals surface area contributed by atoms with Crippen molar-refractivity contribution in [1.29, 1.82) is 0 Å². The maximum Gasteiger partial charge on any atom is 0.248 e. The van der Waals surface area contributed by atoms with Gasteiger partial charge in [-0.05, 0) is 31.4 Å². The van der Waals surface area contributed by atoms with E-state index in [0.29, 0.717) is 31.6 Å². The lowest BCUT2D eigenvalue weighted by Gasteiger charge is -2.24. The van der Waals surface area contributed by atoms with Gasteiger partial charge in [-0.15, -0.1) is 0 Å². The number of nitrogens with zero attached hydrogens (tertiary/aromatic N) is 5. The van der Waals surface area contributed by atoms with E-state index in [-0.39, 0.29) is 12.5 Å². The zero-order valence-corrected chi connectivity index (χ0v) is 14.5. The fourth-order valence-electron chi connectivity index (χ4n) is 2.96. The molecule has 0 radical (unpaired) electrons. The van der Waals surface area contributed by atoms with Crippen LogP contribution in [0.25, 0.3) is 0 Å². The van der Waals surface area contributed by atoms with Crippen LogP contribution in [0.15, 0.2) is 30.7 Å². The maximum absolute atomic E-state index is 12.4. The van der Waals surface area contributed by atoms with Crippen molar-refractivity contribution in [2.45, 2.75) is 26.4 Å². The molecule has 0 spiro atoms. The molecule has 1 unspecified atom stereocenters. The van der Waals surface area contributed by atoms with Gasteiger partial charge in [-0.3, -0.25) is 9.48 Å². The number of amides is 1. The number of aromatic nitrogens is 4. The quantitative estimate of drug-likeness (QED) is 0.812. The molecule has 0 bridgehead atoms. The van der Waals surface area contributed by atoms with Gasteiger partial charge in [-0.1, -0.05) is 0 Å². The Balaban J connectivity index is 1.61. The second-order valence-electron chi connectivity index (χ2n) is 6.07. The topological polar surface area (TPSA) is 85.2 Å². The molecule has 0 saturated carbocycles. The van der Waals surface area contributed by atoms with E-state index in [1.165, 1.54) is 0 Å². The van der Waals surface area contributed by atoms with Gasteiger partial charge in [0.15, 0.2) is 0 Å². The predicted molar refractivity (Wildman–Crippen MR) is 92.8 cm³/mol. The zero-order chi connectivity index (χ0) is 17.5. The van der Waals surface area contributed by atoms with E-state index in [2.05, 4.69) is 20.4 Å². The number of fused-ring (bicyclic) bond motifs is 1. The molecule has 3 rings (SSSR count). The Hall–Kier alpha value is -2.48. The number of hydrogen-bond donors (Lipinski definition) is 1. The Morgan fingerprint density at radius 3 is 2.96 bits per heavy atom. The lowest BCUT2D eigenvalue weighted by molar-refractivity contribution is -0.137. The van der Waals surface area contributed by atoms with Crippen molar-refractivity contribution < 1.29 is 9.53 Å². The summed E-state index contributed by atoms with van der Waals surface area (Å²) in [4.78, 5) is 22.6. The highest BCUT2D eigenvalue weighted by molar-refractivity contribution is 5.77. The largest absolute Gasteiger partial charge is 0.372 e. The van der Waals surface area contributed by atoms with Gasteiger partial charge in [0.05, 0.1) is 12.2 Å². The highest BCUT2D eigenvalue weighted by atomic mass is 16.5. The van der Waals surface area contributed by atoms with Crippen molar-refractivity contribution in [2.24, 2.45) is 5.92 Å². The Morgan fingerprint density at radius 1 is 1.32 bits per heavy atom. The van der Waals surface area contributed by atoms with Gasteiger partial charge in [-0.25, -0.2) is 9.97 Å². The van der Waals surface area contributed by atoms with Gasteiger partial charge in [-0.2, -0.15) is 5.10 Å². The first kappa shape index (κ1) is 17.3. The third-order valence-corrected chi connectivity index (χ3v) is 4.25. The molecule has 0 fully saturated rings. The summed E-state index contributed by atoms with van der Waals surface area (Å²) in [5.74, 6) is 0.962. The van der Waals surface area contributed by atoms with Crippen molar-refractivity contribution in [1.82, 2.24) is 24.6 Å². The molecule has 1 atom stereocenters. The van der Waals surface area contributed by atoms with E-state index in [9.17, 15) is 4.79 Å². The first-order valence-corrected chi connectivity index (χ1v) is 8.63. The molecule has 134 valence electrons. The lowest BCUT2D eigenvalue weighted by atomic mass is 10.1. The molecule has 8 nitrogen and oxygen atoms in total. The van der Waals surface area contributed by atoms with Crippen molar-refractivity contribution in [3.8, 4) is 0 Å². The van der Waals surface area contributed by atoms with Crippen LogP contribution in [-0.2, 0) is 22.6 Å². The van der Waals surface area contributed by atoms with Gasteiger partial charge < -0.3 is 15.0 Å². The zero-order valence-electron chi connectivity index (χ0n) is 14.5. The maximum atomic E-state index is 12.4. The van der Waals surface area contributed by atoms with Crippen LogP contribution >= 0.6 is 0 Å². The van der Waals surface area contributed by atoms with Crippen LogP contribution in [0.1, 0.15) is 19.0 Å². The lowest BCUT2D eigenvalue weighted by Crippen LogP contribution is -2.36. The average Bonchev–Trinajstić information content (AvgIpc) is 2.99. The molecule has 1 aliphatic rings. The van der Waals surface area contributed by atoms with Crippen molar-refractivity contribution >= 4 is 11.9 Å². The normalized spacial score (nSPS) is 17.0. The van der Waals surface area contributed by atoms with Crippen LogP contribution in [0.2, 0.25) is 0 Å². The number of hydrogen-bond acceptors (Lipinski definition) is 6. The molecular formula is C17H24N6O2. The van der Waals surface area contributed by atoms with Crippen LogP contribution in [0.4, 0.5) is 5.95 Å². The summed E-state index contributed by atoms with van der Waals surface area (Å²) in [5.41, 5.74) is 1.06. The standard InChI is InChI=1S/C17H24N6O2/c1-2-25-13-16(24)22-10-14(11-23-15(12-22)5-9-21-23)4-8-20-17-18-6-3-7-19-17/h3,5-7,9,14H,2,4,8,10-13H2,1H3,(H,18,19,20). The molecule has 0 saturated heterocycles. The van der Waals surface area contributed by atoms with E-state index in [1.807, 2.05) is 22.6 Å². The summed E-state index contributed by atoms with van der Waals surface area (Å²) >= 11 is 0. The number of carbonyl (C=O) groups excluding carboxylic acids is 1. The number of ether oxygens (including phenoxy) is 1. The Labute approximate surface area is 147 Å². The van der Waals surface area contributed by atoms with Gasteiger partial charge in [0.2, 0.25) is 11.9 Å². The van der Waals surface area contributed by atoms with Crippen molar-refractivity contribution in [2.75, 3.05) is 31.6 Å². The second kappa shape index (κ2) is 8.57. The first-order valence-electron chi connectivity index (χ1n) is 8.63. The molecule has 1 aliphatic heterocycles. The minimum atomic E-state index is 0.0286. The second-order valence-corrected chi connectivity index (χ2v) is 6.07. The predicted octanol–water partition coefficient (Wildman–Crippen LogP) is 1.17. The van der Waals surface area contributed by atoms with E-state index in [1.54, 1.807) is 24.7 Å². The third-order valence-electron chi connectivity index (χ3n) is 4.25. The molecule has 8 heteroatoms. The fourth-order valence-corrected chi connectivity index (χ4v) is 2.96. The molecule has 3 heterocycles. The monoisotopic (exact) mass is 344 g/mol. The molecule has 25 heavy (non-hydrogen) atoms. The van der Waals surface area contributed by atoms with E-state index >= 15 is 0 Å². The summed E-state index contributed by atoms with van der Waals surface area (Å²) in [7, 11) is 0. The highest BCUT2D eigenvalue weighted by Gasteiger charge is 2.25.